The summed E-state index contributed by atoms with van der Waals surface area (Å²) in [5.41, 5.74) is 0.754. The number of alkyl halides is 2. The zero-order chi connectivity index (χ0) is 20.1. The van der Waals surface area contributed by atoms with E-state index in [9.17, 15) is 18.4 Å². The number of carbonyl (C=O) groups excluding carboxylic acids is 1. The number of para-hydroxylation sites is 1. The van der Waals surface area contributed by atoms with E-state index in [4.69, 9.17) is 14.6 Å². The lowest BCUT2D eigenvalue weighted by atomic mass is 9.90. The number of hydrogen-bond donors (Lipinski definition) is 2. The molecule has 0 spiro atoms. The molecule has 1 atom stereocenters. The summed E-state index contributed by atoms with van der Waals surface area (Å²) in [6.45, 7) is -0.0276. The predicted octanol–water partition coefficient (Wildman–Crippen LogP) is 3.92. The van der Waals surface area contributed by atoms with E-state index >= 15 is 0 Å². The molecule has 0 amide bonds. The van der Waals surface area contributed by atoms with Crippen LogP contribution in [0, 0.1) is 0 Å². The highest BCUT2D eigenvalue weighted by atomic mass is 19.3. The van der Waals surface area contributed by atoms with Crippen LogP contribution in [0.4, 0.5) is 18.4 Å². The molecular weight excluding hydrogens is 368 g/mol. The molecule has 0 aromatic heterocycles. The molecule has 1 aromatic carbocycles. The van der Waals surface area contributed by atoms with E-state index < -0.39 is 24.8 Å². The van der Waals surface area contributed by atoms with E-state index in [1.165, 1.54) is 31.2 Å². The fourth-order valence-electron chi connectivity index (χ4n) is 2.66. The molecule has 1 heterocycles. The van der Waals surface area contributed by atoms with Gasteiger partial charge >= 0.3 is 18.9 Å². The maximum absolute atomic E-state index is 12.8. The van der Waals surface area contributed by atoms with Gasteiger partial charge in [-0.3, -0.25) is 0 Å². The van der Waals surface area contributed by atoms with Crippen molar-refractivity contribution in [3.05, 3.63) is 52.7 Å². The van der Waals surface area contributed by atoms with Gasteiger partial charge in [0.1, 0.15) is 23.2 Å². The first-order valence-corrected chi connectivity index (χ1v) is 7.63. The lowest BCUT2D eigenvalue weighted by Crippen LogP contribution is -2.29. The van der Waals surface area contributed by atoms with Gasteiger partial charge in [-0.15, -0.1) is 0 Å². The first-order valence-electron chi connectivity index (χ1n) is 7.63. The lowest BCUT2D eigenvalue weighted by molar-refractivity contribution is -0.0507. The van der Waals surface area contributed by atoms with Gasteiger partial charge in [-0.05, 0) is 19.9 Å². The molecule has 2 rings (SSSR count). The predicted molar refractivity (Wildman–Crippen MR) is 87.0 cm³/mol. The number of carboxylic acid groups (broad SMARTS) is 1. The quantitative estimate of drug-likeness (QED) is 0.736. The summed E-state index contributed by atoms with van der Waals surface area (Å²) in [4.78, 5) is 22.8. The molecule has 0 bridgehead atoms. The highest BCUT2D eigenvalue weighted by Crippen LogP contribution is 2.43. The smallest absolute Gasteiger partial charge is 0.449 e. The summed E-state index contributed by atoms with van der Waals surface area (Å²) in [6, 6.07) is 5.71. The van der Waals surface area contributed by atoms with Crippen molar-refractivity contribution >= 4 is 12.3 Å². The van der Waals surface area contributed by atoms with Gasteiger partial charge in [-0.1, -0.05) is 18.2 Å². The molecule has 146 valence electrons. The van der Waals surface area contributed by atoms with Crippen LogP contribution in [0.3, 0.4) is 0 Å². The largest absolute Gasteiger partial charge is 0.513 e. The lowest BCUT2D eigenvalue weighted by Gasteiger charge is -2.30. The standard InChI is InChI=1S/C17H17F2NO7/c1-8-13(26-16(21)22)12(14(9(2)20-8)27-17(23)24-3)10-6-4-5-7-11(10)25-15(18)19/h4-7,12,15,20H,1-3H3,(H,21,22). The molecule has 0 saturated carbocycles. The number of nitrogens with one attached hydrogen (secondary N) is 1. The van der Waals surface area contributed by atoms with E-state index in [0.717, 1.165) is 7.11 Å². The number of hydrogen-bond acceptors (Lipinski definition) is 7. The number of dihydropyridines is 1. The summed E-state index contributed by atoms with van der Waals surface area (Å²) in [6.07, 6.45) is -2.70. The third-order valence-corrected chi connectivity index (χ3v) is 3.64. The molecule has 0 saturated heterocycles. The second kappa shape index (κ2) is 8.39. The highest BCUT2D eigenvalue weighted by Gasteiger charge is 2.37. The van der Waals surface area contributed by atoms with E-state index in [1.807, 2.05) is 0 Å². The minimum atomic E-state index is -3.11. The third-order valence-electron chi connectivity index (χ3n) is 3.64. The van der Waals surface area contributed by atoms with Crippen LogP contribution in [0.2, 0.25) is 0 Å². The Morgan fingerprint density at radius 2 is 1.70 bits per heavy atom. The molecule has 0 fully saturated rings. The summed E-state index contributed by atoms with van der Waals surface area (Å²) in [5.74, 6) is -1.60. The minimum absolute atomic E-state index is 0.0750. The van der Waals surface area contributed by atoms with Crippen LogP contribution in [-0.2, 0) is 14.2 Å². The average Bonchev–Trinajstić information content (AvgIpc) is 2.59. The summed E-state index contributed by atoms with van der Waals surface area (Å²) in [7, 11) is 1.09. The molecule has 8 nitrogen and oxygen atoms in total. The van der Waals surface area contributed by atoms with Gasteiger partial charge in [0, 0.05) is 5.56 Å². The molecule has 0 radical (unpaired) electrons. The van der Waals surface area contributed by atoms with Crippen molar-refractivity contribution in [2.45, 2.75) is 26.4 Å². The van der Waals surface area contributed by atoms with Crippen molar-refractivity contribution in [3.63, 3.8) is 0 Å². The van der Waals surface area contributed by atoms with Gasteiger partial charge in [0.25, 0.3) is 0 Å². The first kappa shape index (κ1) is 20.0. The monoisotopic (exact) mass is 385 g/mol. The van der Waals surface area contributed by atoms with E-state index in [0.29, 0.717) is 11.4 Å². The van der Waals surface area contributed by atoms with E-state index in [-0.39, 0.29) is 22.8 Å². The molecule has 1 aromatic rings. The Morgan fingerprint density at radius 1 is 1.11 bits per heavy atom. The van der Waals surface area contributed by atoms with Crippen molar-refractivity contribution in [1.82, 2.24) is 5.32 Å². The second-order valence-electron chi connectivity index (χ2n) is 5.38. The second-order valence-corrected chi connectivity index (χ2v) is 5.38. The maximum Gasteiger partial charge on any atom is 0.513 e. The molecule has 1 unspecified atom stereocenters. The molecule has 1 aliphatic heterocycles. The molecule has 2 N–H and O–H groups in total. The maximum atomic E-state index is 12.8. The van der Waals surface area contributed by atoms with Gasteiger partial charge < -0.3 is 29.4 Å². The van der Waals surface area contributed by atoms with Crippen LogP contribution >= 0.6 is 0 Å². The normalized spacial score (nSPS) is 16.7. The number of allylic oxidation sites excluding steroid dienone is 2. The Balaban J connectivity index is 2.63. The fourth-order valence-corrected chi connectivity index (χ4v) is 2.66. The Kier molecular flexibility index (Phi) is 6.22. The van der Waals surface area contributed by atoms with Crippen molar-refractivity contribution in [2.24, 2.45) is 0 Å². The number of benzene rings is 1. The van der Waals surface area contributed by atoms with Gasteiger partial charge in [-0.2, -0.15) is 8.78 Å². The topological polar surface area (TPSA) is 103 Å². The molecule has 0 aliphatic carbocycles. The third kappa shape index (κ3) is 4.66. The van der Waals surface area contributed by atoms with Crippen LogP contribution in [0.5, 0.6) is 5.75 Å². The number of halogens is 2. The average molecular weight is 385 g/mol. The number of carbonyl (C=O) groups is 2. The Morgan fingerprint density at radius 3 is 2.26 bits per heavy atom. The van der Waals surface area contributed by atoms with Crippen molar-refractivity contribution in [1.29, 1.82) is 0 Å². The van der Waals surface area contributed by atoms with E-state index in [2.05, 4.69) is 14.8 Å². The molecular formula is C17H17F2NO7. The Bertz CT molecular complexity index is 804. The van der Waals surface area contributed by atoms with E-state index in [1.54, 1.807) is 6.92 Å². The molecule has 27 heavy (non-hydrogen) atoms. The van der Waals surface area contributed by atoms with Crippen LogP contribution in [0.1, 0.15) is 25.3 Å². The first-order chi connectivity index (χ1) is 12.7. The Labute approximate surface area is 153 Å². The minimum Gasteiger partial charge on any atom is -0.449 e. The fraction of sp³-hybridized carbons (Fsp3) is 0.294. The van der Waals surface area contributed by atoms with Gasteiger partial charge in [0.15, 0.2) is 0 Å². The Hall–Kier alpha value is -3.30. The van der Waals surface area contributed by atoms with Crippen LogP contribution in [-0.4, -0.2) is 31.1 Å². The van der Waals surface area contributed by atoms with Crippen LogP contribution in [0.25, 0.3) is 0 Å². The highest BCUT2D eigenvalue weighted by molar-refractivity contribution is 5.64. The number of ether oxygens (including phenoxy) is 4. The molecule has 10 heteroatoms. The van der Waals surface area contributed by atoms with Crippen molar-refractivity contribution in [3.8, 4) is 5.75 Å². The zero-order valence-corrected chi connectivity index (χ0v) is 14.6. The summed E-state index contributed by atoms with van der Waals surface area (Å²) >= 11 is 0. The van der Waals surface area contributed by atoms with Gasteiger partial charge in [-0.25, -0.2) is 9.59 Å². The SMILES string of the molecule is COC(=O)OC1=C(C)NC(C)=C(OC(=O)O)C1c1ccccc1OC(F)F. The summed E-state index contributed by atoms with van der Waals surface area (Å²) < 4.78 is 44.6. The van der Waals surface area contributed by atoms with Gasteiger partial charge in [0.05, 0.1) is 18.5 Å². The number of methoxy groups -OCH3 is 1. The van der Waals surface area contributed by atoms with Gasteiger partial charge in [0.2, 0.25) is 0 Å². The molecule has 1 aliphatic rings. The van der Waals surface area contributed by atoms with Crippen LogP contribution in [0.15, 0.2) is 47.2 Å². The number of rotatable bonds is 5. The zero-order valence-electron chi connectivity index (χ0n) is 14.6. The van der Waals surface area contributed by atoms with Crippen LogP contribution < -0.4 is 10.1 Å². The van der Waals surface area contributed by atoms with Crippen molar-refractivity contribution in [2.75, 3.05) is 7.11 Å². The van der Waals surface area contributed by atoms with Crippen molar-refractivity contribution < 1.29 is 42.4 Å². The summed E-state index contributed by atoms with van der Waals surface area (Å²) in [5, 5.41) is 11.9.